The molecule has 2 aromatic rings. The lowest BCUT2D eigenvalue weighted by molar-refractivity contribution is -0.140. The molecule has 2 amide bonds. The van der Waals surface area contributed by atoms with Gasteiger partial charge < -0.3 is 10.2 Å². The second kappa shape index (κ2) is 12.1. The van der Waals surface area contributed by atoms with Gasteiger partial charge in [-0.05, 0) is 50.1 Å². The fourth-order valence-corrected chi connectivity index (χ4v) is 4.90. The van der Waals surface area contributed by atoms with Crippen LogP contribution in [0.15, 0.2) is 64.0 Å². The first kappa shape index (κ1) is 26.0. The second-order valence-electron chi connectivity index (χ2n) is 7.47. The topological polar surface area (TPSA) is 86.8 Å². The molecular weight excluding hydrogens is 494 g/mol. The number of nitrogens with zero attached hydrogens (tertiary/aromatic N) is 2. The number of benzene rings is 2. The molecule has 1 N–H and O–H groups in total. The van der Waals surface area contributed by atoms with Crippen LogP contribution < -0.4 is 5.32 Å². The smallest absolute Gasteiger partial charge is 0.242 e. The van der Waals surface area contributed by atoms with E-state index in [0.29, 0.717) is 13.0 Å². The molecule has 0 saturated carbocycles. The van der Waals surface area contributed by atoms with Gasteiger partial charge in [0, 0.05) is 37.6 Å². The Hall–Kier alpha value is -2.23. The largest absolute Gasteiger partial charge is 0.355 e. The zero-order valence-corrected chi connectivity index (χ0v) is 21.0. The predicted octanol–water partition coefficient (Wildman–Crippen LogP) is 3.40. The van der Waals surface area contributed by atoms with E-state index in [2.05, 4.69) is 21.2 Å². The first-order valence-corrected chi connectivity index (χ1v) is 12.7. The van der Waals surface area contributed by atoms with Crippen molar-refractivity contribution in [3.8, 4) is 0 Å². The molecule has 0 radical (unpaired) electrons. The number of amides is 2. The van der Waals surface area contributed by atoms with Crippen molar-refractivity contribution >= 4 is 37.8 Å². The minimum atomic E-state index is -3.61. The summed E-state index contributed by atoms with van der Waals surface area (Å²) >= 11 is 3.43. The minimum Gasteiger partial charge on any atom is -0.355 e. The van der Waals surface area contributed by atoms with Crippen LogP contribution in [0.4, 0.5) is 0 Å². The first-order valence-electron chi connectivity index (χ1n) is 10.5. The van der Waals surface area contributed by atoms with Crippen LogP contribution in [-0.4, -0.2) is 55.6 Å². The van der Waals surface area contributed by atoms with Crippen LogP contribution in [0.2, 0.25) is 0 Å². The van der Waals surface area contributed by atoms with Crippen LogP contribution >= 0.6 is 15.9 Å². The van der Waals surface area contributed by atoms with Crippen LogP contribution in [0, 0.1) is 0 Å². The molecule has 0 saturated heterocycles. The molecule has 0 aromatic heterocycles. The standard InChI is InChI=1S/C23H30BrN3O4S/c1-4-25-23(29)18(2)27(17-19-10-8-11-20(24)16-19)22(28)14-9-15-26(3)32(30,31)21-12-6-5-7-13-21/h5-8,10-13,16,18H,4,9,14-15,17H2,1-3H3,(H,25,29). The third kappa shape index (κ3) is 7.15. The fourth-order valence-electron chi connectivity index (χ4n) is 3.23. The molecular formula is C23H30BrN3O4S. The van der Waals surface area contributed by atoms with Crippen molar-refractivity contribution in [1.29, 1.82) is 0 Å². The van der Waals surface area contributed by atoms with E-state index in [-0.39, 0.29) is 36.2 Å². The Morgan fingerprint density at radius 3 is 2.41 bits per heavy atom. The lowest BCUT2D eigenvalue weighted by Crippen LogP contribution is -2.47. The van der Waals surface area contributed by atoms with Gasteiger partial charge >= 0.3 is 0 Å². The van der Waals surface area contributed by atoms with E-state index in [1.165, 1.54) is 11.4 Å². The number of carbonyl (C=O) groups is 2. The van der Waals surface area contributed by atoms with Crippen LogP contribution in [0.3, 0.4) is 0 Å². The van der Waals surface area contributed by atoms with E-state index in [1.807, 2.05) is 31.2 Å². The Morgan fingerprint density at radius 1 is 1.09 bits per heavy atom. The van der Waals surface area contributed by atoms with E-state index in [0.717, 1.165) is 10.0 Å². The molecule has 0 aliphatic rings. The van der Waals surface area contributed by atoms with Gasteiger partial charge in [0.1, 0.15) is 6.04 Å². The van der Waals surface area contributed by atoms with Gasteiger partial charge in [-0.1, -0.05) is 46.3 Å². The van der Waals surface area contributed by atoms with Gasteiger partial charge in [0.05, 0.1) is 4.90 Å². The molecule has 2 rings (SSSR count). The Labute approximate surface area is 199 Å². The number of nitrogens with one attached hydrogen (secondary N) is 1. The van der Waals surface area contributed by atoms with E-state index in [1.54, 1.807) is 42.2 Å². The first-order chi connectivity index (χ1) is 15.2. The number of rotatable bonds is 11. The maximum atomic E-state index is 13.1. The molecule has 2 aromatic carbocycles. The van der Waals surface area contributed by atoms with E-state index in [4.69, 9.17) is 0 Å². The summed E-state index contributed by atoms with van der Waals surface area (Å²) in [5, 5.41) is 2.76. The van der Waals surface area contributed by atoms with Crippen molar-refractivity contribution in [2.75, 3.05) is 20.1 Å². The van der Waals surface area contributed by atoms with Gasteiger partial charge in [0.15, 0.2) is 0 Å². The third-order valence-corrected chi connectivity index (χ3v) is 7.44. The molecule has 7 nitrogen and oxygen atoms in total. The van der Waals surface area contributed by atoms with Crippen molar-refractivity contribution in [1.82, 2.24) is 14.5 Å². The summed E-state index contributed by atoms with van der Waals surface area (Å²) in [6.45, 7) is 4.49. The summed E-state index contributed by atoms with van der Waals surface area (Å²) < 4.78 is 27.5. The number of carbonyl (C=O) groups excluding carboxylic acids is 2. The Kier molecular flexibility index (Phi) is 9.86. The maximum Gasteiger partial charge on any atom is 0.242 e. The summed E-state index contributed by atoms with van der Waals surface area (Å²) in [6, 6.07) is 15.1. The summed E-state index contributed by atoms with van der Waals surface area (Å²) in [5.74, 6) is -0.422. The highest BCUT2D eigenvalue weighted by molar-refractivity contribution is 9.10. The number of hydrogen-bond acceptors (Lipinski definition) is 4. The summed E-state index contributed by atoms with van der Waals surface area (Å²) in [6.07, 6.45) is 0.477. The molecule has 0 fully saturated rings. The molecule has 32 heavy (non-hydrogen) atoms. The maximum absolute atomic E-state index is 13.1. The van der Waals surface area contributed by atoms with Gasteiger partial charge in [-0.25, -0.2) is 12.7 Å². The monoisotopic (exact) mass is 523 g/mol. The zero-order chi connectivity index (χ0) is 23.7. The fraction of sp³-hybridized carbons (Fsp3) is 0.391. The molecule has 1 unspecified atom stereocenters. The van der Waals surface area contributed by atoms with Crippen LogP contribution in [0.25, 0.3) is 0 Å². The molecule has 9 heteroatoms. The van der Waals surface area contributed by atoms with E-state index >= 15 is 0 Å². The lowest BCUT2D eigenvalue weighted by atomic mass is 10.1. The third-order valence-electron chi connectivity index (χ3n) is 5.08. The number of halogens is 1. The molecule has 174 valence electrons. The Balaban J connectivity index is 2.06. The predicted molar refractivity (Wildman–Crippen MR) is 128 cm³/mol. The van der Waals surface area contributed by atoms with Gasteiger partial charge in [-0.15, -0.1) is 0 Å². The van der Waals surface area contributed by atoms with Crippen LogP contribution in [-0.2, 0) is 26.2 Å². The highest BCUT2D eigenvalue weighted by Crippen LogP contribution is 2.17. The van der Waals surface area contributed by atoms with Gasteiger partial charge in [0.2, 0.25) is 21.8 Å². The van der Waals surface area contributed by atoms with Crippen LogP contribution in [0.5, 0.6) is 0 Å². The van der Waals surface area contributed by atoms with Crippen molar-refractivity contribution < 1.29 is 18.0 Å². The summed E-state index contributed by atoms with van der Waals surface area (Å²) in [4.78, 5) is 27.2. The molecule has 1 atom stereocenters. The highest BCUT2D eigenvalue weighted by atomic mass is 79.9. The summed E-state index contributed by atoms with van der Waals surface area (Å²) in [5.41, 5.74) is 0.896. The SMILES string of the molecule is CCNC(=O)C(C)N(Cc1cccc(Br)c1)C(=O)CCCN(C)S(=O)(=O)c1ccccc1. The normalized spacial score (nSPS) is 12.4. The molecule has 0 heterocycles. The number of likely N-dealkylation sites (N-methyl/N-ethyl adjacent to an activating group) is 1. The molecule has 0 spiro atoms. The van der Waals surface area contributed by atoms with Crippen molar-refractivity contribution in [2.45, 2.75) is 44.2 Å². The molecule has 0 aliphatic heterocycles. The Morgan fingerprint density at radius 2 is 1.78 bits per heavy atom. The van der Waals surface area contributed by atoms with Crippen molar-refractivity contribution in [3.05, 3.63) is 64.6 Å². The Bertz CT molecular complexity index is 1010. The second-order valence-corrected chi connectivity index (χ2v) is 10.4. The summed E-state index contributed by atoms with van der Waals surface area (Å²) in [7, 11) is -2.11. The van der Waals surface area contributed by atoms with Crippen LogP contribution in [0.1, 0.15) is 32.3 Å². The van der Waals surface area contributed by atoms with Gasteiger partial charge in [-0.2, -0.15) is 0 Å². The van der Waals surface area contributed by atoms with Crippen molar-refractivity contribution in [2.24, 2.45) is 0 Å². The number of hydrogen-bond donors (Lipinski definition) is 1. The quantitative estimate of drug-likeness (QED) is 0.488. The van der Waals surface area contributed by atoms with Gasteiger partial charge in [-0.3, -0.25) is 9.59 Å². The van der Waals surface area contributed by atoms with Crippen molar-refractivity contribution in [3.63, 3.8) is 0 Å². The average Bonchev–Trinajstić information content (AvgIpc) is 2.77. The highest BCUT2D eigenvalue weighted by Gasteiger charge is 2.26. The van der Waals surface area contributed by atoms with E-state index < -0.39 is 16.1 Å². The average molecular weight is 524 g/mol. The minimum absolute atomic E-state index is 0.131. The lowest BCUT2D eigenvalue weighted by Gasteiger charge is -2.29. The molecule has 0 bridgehead atoms. The van der Waals surface area contributed by atoms with E-state index in [9.17, 15) is 18.0 Å². The van der Waals surface area contributed by atoms with Gasteiger partial charge in [0.25, 0.3) is 0 Å². The molecule has 0 aliphatic carbocycles. The number of sulfonamides is 1. The zero-order valence-electron chi connectivity index (χ0n) is 18.6.